The molecule has 0 aliphatic carbocycles. The van der Waals surface area contributed by atoms with Gasteiger partial charge < -0.3 is 0 Å². The first kappa shape index (κ1) is 6.89. The van der Waals surface area contributed by atoms with Crippen LogP contribution < -0.4 is 0 Å². The molecule has 0 saturated carbocycles. The maximum Gasteiger partial charge on any atom is 0.149 e. The zero-order valence-electron chi connectivity index (χ0n) is 3.79. The highest BCUT2D eigenvalue weighted by Crippen LogP contribution is 2.07. The molecule has 0 spiro atoms. The van der Waals surface area contributed by atoms with Crippen LogP contribution in [0.1, 0.15) is 6.92 Å². The average Bonchev–Trinajstić information content (AvgIpc) is 1.65. The average molecular weight is 127 g/mol. The minimum absolute atomic E-state index is 0.588. The Hall–Kier alpha value is -0.110. The monoisotopic (exact) mass is 126 g/mol. The Morgan fingerprint density at radius 1 is 1.86 bits per heavy atom. The fourth-order valence-electron chi connectivity index (χ4n) is 0.0868. The molecule has 7 heavy (non-hydrogen) atoms. The molecule has 0 radical (unpaired) electrons. The van der Waals surface area contributed by atoms with Crippen molar-refractivity contribution in [3.05, 3.63) is 11.4 Å². The highest BCUT2D eigenvalue weighted by molar-refractivity contribution is 6.25. The molecule has 0 heterocycles. The number of halogens is 3. The molecule has 1 unspecified atom stereocenters. The quantitative estimate of drug-likeness (QED) is 0.506. The molecule has 0 aromatic carbocycles. The van der Waals surface area contributed by atoms with Gasteiger partial charge >= 0.3 is 0 Å². The van der Waals surface area contributed by atoms with Gasteiger partial charge in [0.05, 0.1) is 0 Å². The van der Waals surface area contributed by atoms with E-state index in [0.29, 0.717) is 5.54 Å². The first-order valence-electron chi connectivity index (χ1n) is 1.78. The third-order valence-electron chi connectivity index (χ3n) is 0.484. The van der Waals surface area contributed by atoms with Crippen LogP contribution in [-0.4, -0.2) is 6.17 Å². The van der Waals surface area contributed by atoms with Gasteiger partial charge in [-0.2, -0.15) is 0 Å². The second-order valence-electron chi connectivity index (χ2n) is 1.11. The van der Waals surface area contributed by atoms with E-state index >= 15 is 0 Å². The highest BCUT2D eigenvalue weighted by Gasteiger charge is 2.01. The summed E-state index contributed by atoms with van der Waals surface area (Å²) in [5, 5.41) is 0. The summed E-state index contributed by atoms with van der Waals surface area (Å²) in [6, 6.07) is 0. The molecule has 0 N–H and O–H groups in total. The first-order chi connectivity index (χ1) is 3.18. The van der Waals surface area contributed by atoms with E-state index in [-0.39, 0.29) is 0 Å². The summed E-state index contributed by atoms with van der Waals surface area (Å²) < 4.78 is 23.2. The minimum atomic E-state index is -1.57. The molecule has 3 heteroatoms. The molecule has 0 aromatic rings. The van der Waals surface area contributed by atoms with Gasteiger partial charge in [-0.05, 0) is 6.92 Å². The van der Waals surface area contributed by atoms with Gasteiger partial charge in [-0.25, -0.2) is 8.78 Å². The molecule has 0 fully saturated rings. The van der Waals surface area contributed by atoms with Crippen molar-refractivity contribution in [2.75, 3.05) is 0 Å². The van der Waals surface area contributed by atoms with Crippen LogP contribution >= 0.6 is 11.6 Å². The van der Waals surface area contributed by atoms with E-state index in [9.17, 15) is 8.78 Å². The number of allylic oxidation sites excluding steroid dienone is 1. The van der Waals surface area contributed by atoms with Crippen molar-refractivity contribution >= 4 is 11.6 Å². The molecule has 0 aromatic heterocycles. The smallest absolute Gasteiger partial charge is 0.149 e. The van der Waals surface area contributed by atoms with E-state index in [1.807, 2.05) is 0 Å². The lowest BCUT2D eigenvalue weighted by Crippen LogP contribution is -1.89. The summed E-state index contributed by atoms with van der Waals surface area (Å²) in [6.45, 7) is 1.08. The number of hydrogen-bond acceptors (Lipinski definition) is 0. The summed E-state index contributed by atoms with van der Waals surface area (Å²) >= 11 is 4.77. The van der Waals surface area contributed by atoms with Crippen molar-refractivity contribution in [1.82, 2.24) is 0 Å². The van der Waals surface area contributed by atoms with Crippen LogP contribution in [0.15, 0.2) is 11.4 Å². The molecular weight excluding hydrogens is 121 g/mol. The van der Waals surface area contributed by atoms with Gasteiger partial charge in [-0.15, -0.1) is 0 Å². The van der Waals surface area contributed by atoms with Crippen molar-refractivity contribution in [3.63, 3.8) is 0 Å². The zero-order chi connectivity index (χ0) is 5.86. The normalized spacial score (nSPS) is 16.9. The predicted molar refractivity (Wildman–Crippen MR) is 25.6 cm³/mol. The van der Waals surface area contributed by atoms with Crippen LogP contribution in [0, 0.1) is 0 Å². The van der Waals surface area contributed by atoms with Gasteiger partial charge in [-0.1, -0.05) is 11.6 Å². The van der Waals surface area contributed by atoms with Gasteiger partial charge in [0.15, 0.2) is 0 Å². The lowest BCUT2D eigenvalue weighted by atomic mass is 10.4. The third-order valence-corrected chi connectivity index (χ3v) is 0.693. The van der Waals surface area contributed by atoms with E-state index in [2.05, 4.69) is 0 Å². The first-order valence-corrected chi connectivity index (χ1v) is 2.22. The maximum absolute atomic E-state index is 11.6. The van der Waals surface area contributed by atoms with Gasteiger partial charge in [0.25, 0.3) is 0 Å². The fourth-order valence-corrected chi connectivity index (χ4v) is 0.260. The topological polar surface area (TPSA) is 0 Å². The minimum Gasteiger partial charge on any atom is -0.240 e. The van der Waals surface area contributed by atoms with E-state index in [1.165, 1.54) is 0 Å². The summed E-state index contributed by atoms with van der Waals surface area (Å²) in [5.41, 5.74) is 0.588. The molecule has 0 nitrogen and oxygen atoms in total. The van der Waals surface area contributed by atoms with E-state index in [4.69, 9.17) is 11.6 Å². The van der Waals surface area contributed by atoms with Crippen LogP contribution in [0.3, 0.4) is 0 Å². The molecule has 0 saturated heterocycles. The molecular formula is C4H5ClF2. The van der Waals surface area contributed by atoms with Crippen molar-refractivity contribution in [2.24, 2.45) is 0 Å². The Balaban J connectivity index is 3.56. The fraction of sp³-hybridized carbons (Fsp3) is 0.500. The molecule has 0 rings (SSSR count). The predicted octanol–water partition coefficient (Wildman–Crippen LogP) is 2.39. The number of hydrogen-bond donors (Lipinski definition) is 0. The van der Waals surface area contributed by atoms with Crippen LogP contribution in [0.5, 0.6) is 0 Å². The second kappa shape index (κ2) is 2.97. The SMILES string of the molecule is CC(F)C(F)=CCl. The Kier molecular flexibility index (Phi) is 2.92. The Labute approximate surface area is 45.8 Å². The van der Waals surface area contributed by atoms with Crippen molar-refractivity contribution in [3.8, 4) is 0 Å². The molecule has 42 valence electrons. The maximum atomic E-state index is 11.6. The molecule has 0 bridgehead atoms. The van der Waals surface area contributed by atoms with Gasteiger partial charge in [-0.3, -0.25) is 0 Å². The lowest BCUT2D eigenvalue weighted by molar-refractivity contribution is 0.351. The molecule has 0 aliphatic heterocycles. The largest absolute Gasteiger partial charge is 0.240 e. The van der Waals surface area contributed by atoms with Gasteiger partial charge in [0, 0.05) is 5.54 Å². The van der Waals surface area contributed by atoms with E-state index in [1.54, 1.807) is 0 Å². The van der Waals surface area contributed by atoms with E-state index < -0.39 is 12.0 Å². The number of rotatable bonds is 1. The molecule has 0 amide bonds. The number of alkyl halides is 1. The summed E-state index contributed by atoms with van der Waals surface area (Å²) in [4.78, 5) is 0. The Morgan fingerprint density at radius 3 is 2.29 bits per heavy atom. The van der Waals surface area contributed by atoms with Gasteiger partial charge in [0.1, 0.15) is 12.0 Å². The van der Waals surface area contributed by atoms with Crippen molar-refractivity contribution in [1.29, 1.82) is 0 Å². The molecule has 1 atom stereocenters. The second-order valence-corrected chi connectivity index (χ2v) is 1.33. The van der Waals surface area contributed by atoms with Gasteiger partial charge in [0.2, 0.25) is 0 Å². The van der Waals surface area contributed by atoms with Crippen LogP contribution in [0.25, 0.3) is 0 Å². The third kappa shape index (κ3) is 2.57. The lowest BCUT2D eigenvalue weighted by Gasteiger charge is -1.90. The molecule has 0 aliphatic rings. The van der Waals surface area contributed by atoms with E-state index in [0.717, 1.165) is 6.92 Å². The highest BCUT2D eigenvalue weighted by atomic mass is 35.5. The summed E-state index contributed by atoms with van der Waals surface area (Å²) in [6.07, 6.45) is -1.57. The van der Waals surface area contributed by atoms with Crippen LogP contribution in [0.2, 0.25) is 0 Å². The summed E-state index contributed by atoms with van der Waals surface area (Å²) in [5.74, 6) is -0.929. The van der Waals surface area contributed by atoms with Crippen LogP contribution in [-0.2, 0) is 0 Å². The van der Waals surface area contributed by atoms with Crippen molar-refractivity contribution in [2.45, 2.75) is 13.1 Å². The standard InChI is InChI=1S/C4H5ClF2/c1-3(6)4(7)2-5/h2-3H,1H3. The zero-order valence-corrected chi connectivity index (χ0v) is 4.54. The summed E-state index contributed by atoms with van der Waals surface area (Å²) in [7, 11) is 0. The Morgan fingerprint density at radius 2 is 2.29 bits per heavy atom. The Bertz CT molecular complexity index is 77.8. The van der Waals surface area contributed by atoms with Crippen LogP contribution in [0.4, 0.5) is 8.78 Å². The van der Waals surface area contributed by atoms with Crippen molar-refractivity contribution < 1.29 is 8.78 Å².